The average Bonchev–Trinajstić information content (AvgIpc) is 2.25. The third-order valence-electron chi connectivity index (χ3n) is 2.93. The number of benzene rings is 1. The van der Waals surface area contributed by atoms with Crippen LogP contribution in [-0.2, 0) is 5.41 Å². The molecule has 1 aromatic carbocycles. The van der Waals surface area contributed by atoms with Crippen molar-refractivity contribution in [2.75, 3.05) is 19.0 Å². The van der Waals surface area contributed by atoms with Crippen LogP contribution >= 0.6 is 11.6 Å². The number of alkyl halides is 1. The summed E-state index contributed by atoms with van der Waals surface area (Å²) in [5.41, 5.74) is 2.97. The maximum absolute atomic E-state index is 5.65. The molecule has 0 bridgehead atoms. The van der Waals surface area contributed by atoms with E-state index in [1.807, 2.05) is 0 Å². The summed E-state index contributed by atoms with van der Waals surface area (Å²) in [6.45, 7) is 8.73. The normalized spacial score (nSPS) is 11.8. The molecule has 1 N–H and O–H groups in total. The van der Waals surface area contributed by atoms with Crippen LogP contribution in [-0.4, -0.2) is 19.0 Å². The molecule has 0 amide bonds. The van der Waals surface area contributed by atoms with E-state index in [2.05, 4.69) is 50.4 Å². The number of nitrogens with one attached hydrogen (secondary N) is 1. The Bertz CT molecular complexity index is 320. The largest absolute Gasteiger partial charge is 0.316 e. The number of aryl methyl sites for hydroxylation is 1. The van der Waals surface area contributed by atoms with Crippen LogP contribution < -0.4 is 5.32 Å². The standard InChI is InChI=1S/C14H22ClN/c1-12-7-4-5-8-13(12)14(2,3)11-16-10-6-9-15/h4-5,7-8,16H,6,9-11H2,1-3H3. The summed E-state index contributed by atoms with van der Waals surface area (Å²) in [7, 11) is 0. The van der Waals surface area contributed by atoms with Crippen molar-refractivity contribution in [2.24, 2.45) is 0 Å². The molecule has 16 heavy (non-hydrogen) atoms. The van der Waals surface area contributed by atoms with E-state index in [9.17, 15) is 0 Å². The quantitative estimate of drug-likeness (QED) is 0.592. The van der Waals surface area contributed by atoms with Crippen molar-refractivity contribution in [3.8, 4) is 0 Å². The zero-order chi connectivity index (χ0) is 12.0. The van der Waals surface area contributed by atoms with Crippen molar-refractivity contribution in [1.29, 1.82) is 0 Å². The van der Waals surface area contributed by atoms with Gasteiger partial charge in [-0.2, -0.15) is 0 Å². The van der Waals surface area contributed by atoms with E-state index in [1.165, 1.54) is 11.1 Å². The van der Waals surface area contributed by atoms with E-state index >= 15 is 0 Å². The Labute approximate surface area is 104 Å². The van der Waals surface area contributed by atoms with Crippen LogP contribution in [0.4, 0.5) is 0 Å². The number of rotatable bonds is 6. The van der Waals surface area contributed by atoms with Gasteiger partial charge < -0.3 is 5.32 Å². The van der Waals surface area contributed by atoms with Crippen molar-refractivity contribution in [3.05, 3.63) is 35.4 Å². The van der Waals surface area contributed by atoms with Crippen LogP contribution in [0.25, 0.3) is 0 Å². The average molecular weight is 240 g/mol. The lowest BCUT2D eigenvalue weighted by atomic mass is 9.82. The predicted molar refractivity (Wildman–Crippen MR) is 72.4 cm³/mol. The van der Waals surface area contributed by atoms with Crippen LogP contribution in [0.15, 0.2) is 24.3 Å². The molecule has 0 saturated carbocycles. The van der Waals surface area contributed by atoms with Gasteiger partial charge in [0.15, 0.2) is 0 Å². The summed E-state index contributed by atoms with van der Waals surface area (Å²) in [5.74, 6) is 0.734. The minimum absolute atomic E-state index is 0.178. The lowest BCUT2D eigenvalue weighted by molar-refractivity contribution is 0.468. The topological polar surface area (TPSA) is 12.0 Å². The molecule has 0 fully saturated rings. The van der Waals surface area contributed by atoms with Crippen LogP contribution in [0.2, 0.25) is 0 Å². The smallest absolute Gasteiger partial charge is 0.0235 e. The third kappa shape index (κ3) is 3.80. The molecule has 1 aromatic rings. The summed E-state index contributed by atoms with van der Waals surface area (Å²) >= 11 is 5.65. The first-order valence-corrected chi connectivity index (χ1v) is 6.44. The van der Waals surface area contributed by atoms with Crippen molar-refractivity contribution in [2.45, 2.75) is 32.6 Å². The molecule has 0 radical (unpaired) electrons. The first-order valence-electron chi connectivity index (χ1n) is 5.91. The fraction of sp³-hybridized carbons (Fsp3) is 0.571. The first-order chi connectivity index (χ1) is 7.58. The Hall–Kier alpha value is -0.530. The highest BCUT2D eigenvalue weighted by atomic mass is 35.5. The van der Waals surface area contributed by atoms with Crippen LogP contribution in [0.5, 0.6) is 0 Å². The summed E-state index contributed by atoms with van der Waals surface area (Å²) in [4.78, 5) is 0. The Morgan fingerprint density at radius 1 is 1.25 bits per heavy atom. The van der Waals surface area contributed by atoms with Gasteiger partial charge in [0.2, 0.25) is 0 Å². The predicted octanol–water partition coefficient (Wildman–Crippen LogP) is 3.49. The molecule has 0 atom stereocenters. The molecule has 0 saturated heterocycles. The maximum Gasteiger partial charge on any atom is 0.0235 e. The van der Waals surface area contributed by atoms with E-state index in [0.717, 1.165) is 25.4 Å². The molecule has 90 valence electrons. The fourth-order valence-corrected chi connectivity index (χ4v) is 2.15. The van der Waals surface area contributed by atoms with Gasteiger partial charge in [0.25, 0.3) is 0 Å². The molecular weight excluding hydrogens is 218 g/mol. The van der Waals surface area contributed by atoms with Gasteiger partial charge in [-0.05, 0) is 31.0 Å². The van der Waals surface area contributed by atoms with Gasteiger partial charge in [0.1, 0.15) is 0 Å². The third-order valence-corrected chi connectivity index (χ3v) is 3.20. The van der Waals surface area contributed by atoms with Crippen LogP contribution in [0, 0.1) is 6.92 Å². The van der Waals surface area contributed by atoms with Gasteiger partial charge in [0, 0.05) is 17.8 Å². The molecule has 0 spiro atoms. The van der Waals surface area contributed by atoms with Crippen molar-refractivity contribution in [1.82, 2.24) is 5.32 Å². The SMILES string of the molecule is Cc1ccccc1C(C)(C)CNCCCCl. The van der Waals surface area contributed by atoms with Crippen LogP contribution in [0.3, 0.4) is 0 Å². The molecule has 0 aromatic heterocycles. The summed E-state index contributed by atoms with van der Waals surface area (Å²) in [6, 6.07) is 8.60. The maximum atomic E-state index is 5.65. The van der Waals surface area contributed by atoms with Crippen molar-refractivity contribution in [3.63, 3.8) is 0 Å². The molecule has 1 rings (SSSR count). The molecular formula is C14H22ClN. The zero-order valence-electron chi connectivity index (χ0n) is 10.5. The van der Waals surface area contributed by atoms with E-state index < -0.39 is 0 Å². The molecule has 1 nitrogen and oxygen atoms in total. The van der Waals surface area contributed by atoms with E-state index in [-0.39, 0.29) is 5.41 Å². The number of halogens is 1. The fourth-order valence-electron chi connectivity index (χ4n) is 2.02. The van der Waals surface area contributed by atoms with E-state index in [1.54, 1.807) is 0 Å². The number of hydrogen-bond donors (Lipinski definition) is 1. The van der Waals surface area contributed by atoms with E-state index in [0.29, 0.717) is 0 Å². The Balaban J connectivity index is 2.59. The highest BCUT2D eigenvalue weighted by Crippen LogP contribution is 2.25. The van der Waals surface area contributed by atoms with Gasteiger partial charge >= 0.3 is 0 Å². The number of hydrogen-bond acceptors (Lipinski definition) is 1. The van der Waals surface area contributed by atoms with Crippen LogP contribution in [0.1, 0.15) is 31.4 Å². The molecule has 0 heterocycles. The highest BCUT2D eigenvalue weighted by molar-refractivity contribution is 6.17. The monoisotopic (exact) mass is 239 g/mol. The van der Waals surface area contributed by atoms with Gasteiger partial charge in [0.05, 0.1) is 0 Å². The van der Waals surface area contributed by atoms with E-state index in [4.69, 9.17) is 11.6 Å². The molecule has 0 aliphatic rings. The Morgan fingerprint density at radius 2 is 1.94 bits per heavy atom. The Morgan fingerprint density at radius 3 is 2.56 bits per heavy atom. The second-order valence-corrected chi connectivity index (χ2v) is 5.30. The summed E-state index contributed by atoms with van der Waals surface area (Å²) in [5, 5.41) is 3.47. The highest BCUT2D eigenvalue weighted by Gasteiger charge is 2.21. The lowest BCUT2D eigenvalue weighted by Gasteiger charge is -2.27. The lowest BCUT2D eigenvalue weighted by Crippen LogP contribution is -2.34. The molecule has 0 unspecified atom stereocenters. The molecule has 0 aliphatic carbocycles. The van der Waals surface area contributed by atoms with Gasteiger partial charge in [-0.25, -0.2) is 0 Å². The Kier molecular flexibility index (Phi) is 5.30. The minimum Gasteiger partial charge on any atom is -0.316 e. The van der Waals surface area contributed by atoms with Crippen molar-refractivity contribution >= 4 is 11.6 Å². The summed E-state index contributed by atoms with van der Waals surface area (Å²) < 4.78 is 0. The van der Waals surface area contributed by atoms with Crippen molar-refractivity contribution < 1.29 is 0 Å². The van der Waals surface area contributed by atoms with Gasteiger partial charge in [-0.3, -0.25) is 0 Å². The minimum atomic E-state index is 0.178. The second-order valence-electron chi connectivity index (χ2n) is 4.92. The second kappa shape index (κ2) is 6.27. The summed E-state index contributed by atoms with van der Waals surface area (Å²) in [6.07, 6.45) is 1.03. The zero-order valence-corrected chi connectivity index (χ0v) is 11.3. The van der Waals surface area contributed by atoms with Gasteiger partial charge in [-0.1, -0.05) is 38.1 Å². The first kappa shape index (κ1) is 13.5. The van der Waals surface area contributed by atoms with Gasteiger partial charge in [-0.15, -0.1) is 11.6 Å². The molecule has 2 heteroatoms. The molecule has 0 aliphatic heterocycles.